The van der Waals surface area contributed by atoms with E-state index in [9.17, 15) is 4.79 Å². The van der Waals surface area contributed by atoms with Gasteiger partial charge in [-0.2, -0.15) is 5.10 Å². The Hall–Kier alpha value is -3.47. The van der Waals surface area contributed by atoms with Crippen molar-refractivity contribution in [3.05, 3.63) is 84.3 Å². The number of pyridine rings is 1. The monoisotopic (exact) mass is 342 g/mol. The molecule has 0 unspecified atom stereocenters. The summed E-state index contributed by atoms with van der Waals surface area (Å²) in [5.41, 5.74) is 3.49. The van der Waals surface area contributed by atoms with E-state index in [2.05, 4.69) is 15.4 Å². The molecule has 0 radical (unpaired) electrons. The fourth-order valence-electron chi connectivity index (χ4n) is 3.01. The van der Waals surface area contributed by atoms with E-state index in [1.807, 2.05) is 72.4 Å². The SMILES string of the molecule is Cn1nc(CNC(=O)c2ccc3ccccc3c2)cc1-c1ccncc1. The number of hydrogen-bond donors (Lipinski definition) is 1. The van der Waals surface area contributed by atoms with Crippen LogP contribution in [-0.2, 0) is 13.6 Å². The van der Waals surface area contributed by atoms with Crippen LogP contribution in [0.3, 0.4) is 0 Å². The van der Waals surface area contributed by atoms with Crippen LogP contribution in [0.4, 0.5) is 0 Å². The number of amides is 1. The fourth-order valence-corrected chi connectivity index (χ4v) is 3.01. The summed E-state index contributed by atoms with van der Waals surface area (Å²) in [6.45, 7) is 0.380. The van der Waals surface area contributed by atoms with Crippen molar-refractivity contribution in [2.24, 2.45) is 7.05 Å². The van der Waals surface area contributed by atoms with Gasteiger partial charge in [-0.15, -0.1) is 0 Å². The molecule has 26 heavy (non-hydrogen) atoms. The largest absolute Gasteiger partial charge is 0.346 e. The predicted molar refractivity (Wildman–Crippen MR) is 102 cm³/mol. The van der Waals surface area contributed by atoms with Crippen molar-refractivity contribution in [2.75, 3.05) is 0 Å². The summed E-state index contributed by atoms with van der Waals surface area (Å²) in [6, 6.07) is 19.6. The second-order valence-electron chi connectivity index (χ2n) is 6.13. The van der Waals surface area contributed by atoms with Gasteiger partial charge in [-0.1, -0.05) is 30.3 Å². The summed E-state index contributed by atoms with van der Waals surface area (Å²) in [6.07, 6.45) is 3.51. The van der Waals surface area contributed by atoms with Crippen molar-refractivity contribution in [1.82, 2.24) is 20.1 Å². The van der Waals surface area contributed by atoms with Crippen molar-refractivity contribution < 1.29 is 4.79 Å². The molecule has 4 aromatic rings. The van der Waals surface area contributed by atoms with Gasteiger partial charge in [0.2, 0.25) is 0 Å². The number of aryl methyl sites for hydroxylation is 1. The highest BCUT2D eigenvalue weighted by atomic mass is 16.1. The highest BCUT2D eigenvalue weighted by Gasteiger charge is 2.10. The lowest BCUT2D eigenvalue weighted by Crippen LogP contribution is -2.23. The van der Waals surface area contributed by atoms with Crippen LogP contribution in [0.25, 0.3) is 22.0 Å². The number of carbonyl (C=O) groups is 1. The molecule has 0 fully saturated rings. The van der Waals surface area contributed by atoms with E-state index in [0.717, 1.165) is 27.7 Å². The molecule has 5 nitrogen and oxygen atoms in total. The van der Waals surface area contributed by atoms with Crippen LogP contribution in [-0.4, -0.2) is 20.7 Å². The predicted octanol–water partition coefficient (Wildman–Crippen LogP) is 3.57. The number of benzene rings is 2. The van der Waals surface area contributed by atoms with Crippen molar-refractivity contribution in [1.29, 1.82) is 0 Å². The Bertz CT molecular complexity index is 1070. The molecule has 0 saturated heterocycles. The van der Waals surface area contributed by atoms with E-state index in [1.165, 1.54) is 0 Å². The molecule has 0 spiro atoms. The maximum Gasteiger partial charge on any atom is 0.251 e. The van der Waals surface area contributed by atoms with Gasteiger partial charge in [0.25, 0.3) is 5.91 Å². The molecule has 1 N–H and O–H groups in total. The van der Waals surface area contributed by atoms with E-state index in [1.54, 1.807) is 12.4 Å². The molecule has 0 aliphatic rings. The first-order valence-corrected chi connectivity index (χ1v) is 8.41. The van der Waals surface area contributed by atoms with E-state index in [0.29, 0.717) is 12.1 Å². The quantitative estimate of drug-likeness (QED) is 0.617. The molecule has 2 aromatic carbocycles. The number of carbonyl (C=O) groups excluding carboxylic acids is 1. The summed E-state index contributed by atoms with van der Waals surface area (Å²) >= 11 is 0. The van der Waals surface area contributed by atoms with Crippen LogP contribution in [0.1, 0.15) is 16.1 Å². The van der Waals surface area contributed by atoms with E-state index in [4.69, 9.17) is 0 Å². The normalized spacial score (nSPS) is 10.8. The molecule has 0 atom stereocenters. The molecule has 0 bridgehead atoms. The molecule has 0 saturated carbocycles. The number of hydrogen-bond acceptors (Lipinski definition) is 3. The molecule has 2 aromatic heterocycles. The fraction of sp³-hybridized carbons (Fsp3) is 0.0952. The van der Waals surface area contributed by atoms with Crippen molar-refractivity contribution in [3.63, 3.8) is 0 Å². The average molecular weight is 342 g/mol. The smallest absolute Gasteiger partial charge is 0.251 e. The highest BCUT2D eigenvalue weighted by molar-refractivity contribution is 5.98. The van der Waals surface area contributed by atoms with Crippen LogP contribution in [0.2, 0.25) is 0 Å². The van der Waals surface area contributed by atoms with Gasteiger partial charge in [0, 0.05) is 30.6 Å². The van der Waals surface area contributed by atoms with E-state index >= 15 is 0 Å². The first kappa shape index (κ1) is 16.0. The maximum atomic E-state index is 12.5. The highest BCUT2D eigenvalue weighted by Crippen LogP contribution is 2.19. The first-order valence-electron chi connectivity index (χ1n) is 8.41. The Morgan fingerprint density at radius 3 is 2.58 bits per heavy atom. The van der Waals surface area contributed by atoms with Crippen molar-refractivity contribution in [2.45, 2.75) is 6.54 Å². The lowest BCUT2D eigenvalue weighted by molar-refractivity contribution is 0.0950. The molecule has 0 aliphatic carbocycles. The maximum absolute atomic E-state index is 12.5. The van der Waals surface area contributed by atoms with Crippen LogP contribution >= 0.6 is 0 Å². The number of nitrogens with zero attached hydrogens (tertiary/aromatic N) is 3. The van der Waals surface area contributed by atoms with Gasteiger partial charge in [0.15, 0.2) is 0 Å². The third-order valence-electron chi connectivity index (χ3n) is 4.35. The summed E-state index contributed by atoms with van der Waals surface area (Å²) < 4.78 is 1.81. The minimum absolute atomic E-state index is 0.105. The van der Waals surface area contributed by atoms with Gasteiger partial charge in [-0.25, -0.2) is 0 Å². The molecular formula is C21H18N4O. The Labute approximate surface area is 151 Å². The van der Waals surface area contributed by atoms with Crippen molar-refractivity contribution in [3.8, 4) is 11.3 Å². The van der Waals surface area contributed by atoms with Crippen LogP contribution in [0.5, 0.6) is 0 Å². The second-order valence-corrected chi connectivity index (χ2v) is 6.13. The molecule has 1 amide bonds. The number of fused-ring (bicyclic) bond motifs is 1. The van der Waals surface area contributed by atoms with E-state index in [-0.39, 0.29) is 5.91 Å². The zero-order valence-electron chi connectivity index (χ0n) is 14.4. The Morgan fingerprint density at radius 1 is 1.00 bits per heavy atom. The standard InChI is InChI=1S/C21H18N4O/c1-25-20(16-8-10-22-11-9-16)13-19(24-25)14-23-21(26)18-7-6-15-4-2-3-5-17(15)12-18/h2-13H,14H2,1H3,(H,23,26). The minimum atomic E-state index is -0.105. The second kappa shape index (κ2) is 6.80. The Morgan fingerprint density at radius 2 is 1.77 bits per heavy atom. The minimum Gasteiger partial charge on any atom is -0.346 e. The molecule has 5 heteroatoms. The van der Waals surface area contributed by atoms with Crippen molar-refractivity contribution >= 4 is 16.7 Å². The summed E-state index contributed by atoms with van der Waals surface area (Å²) in [5.74, 6) is -0.105. The molecule has 128 valence electrons. The molecular weight excluding hydrogens is 324 g/mol. The Balaban J connectivity index is 1.49. The van der Waals surface area contributed by atoms with Crippen LogP contribution in [0.15, 0.2) is 73.1 Å². The third-order valence-corrected chi connectivity index (χ3v) is 4.35. The van der Waals surface area contributed by atoms with Gasteiger partial charge in [0.1, 0.15) is 0 Å². The van der Waals surface area contributed by atoms with Gasteiger partial charge in [0.05, 0.1) is 17.9 Å². The van der Waals surface area contributed by atoms with Crippen LogP contribution < -0.4 is 5.32 Å². The van der Waals surface area contributed by atoms with Gasteiger partial charge in [-0.05, 0) is 41.1 Å². The molecule has 4 rings (SSSR count). The topological polar surface area (TPSA) is 59.8 Å². The van der Waals surface area contributed by atoms with Gasteiger partial charge < -0.3 is 5.32 Å². The van der Waals surface area contributed by atoms with Gasteiger partial charge in [-0.3, -0.25) is 14.5 Å². The zero-order chi connectivity index (χ0) is 17.9. The summed E-state index contributed by atoms with van der Waals surface area (Å²) in [7, 11) is 1.89. The van der Waals surface area contributed by atoms with Gasteiger partial charge >= 0.3 is 0 Å². The molecule has 0 aliphatic heterocycles. The third kappa shape index (κ3) is 3.19. The zero-order valence-corrected chi connectivity index (χ0v) is 14.4. The number of rotatable bonds is 4. The summed E-state index contributed by atoms with van der Waals surface area (Å²) in [5, 5.41) is 9.60. The first-order chi connectivity index (χ1) is 12.7. The Kier molecular flexibility index (Phi) is 4.19. The van der Waals surface area contributed by atoms with E-state index < -0.39 is 0 Å². The number of nitrogens with one attached hydrogen (secondary N) is 1. The lowest BCUT2D eigenvalue weighted by Gasteiger charge is -2.05. The average Bonchev–Trinajstić information content (AvgIpc) is 3.07. The lowest BCUT2D eigenvalue weighted by atomic mass is 10.1. The number of aromatic nitrogens is 3. The van der Waals surface area contributed by atoms with Crippen LogP contribution in [0, 0.1) is 0 Å². The summed E-state index contributed by atoms with van der Waals surface area (Å²) in [4.78, 5) is 16.5. The molecule has 2 heterocycles.